The topological polar surface area (TPSA) is 113 Å². The fourth-order valence-corrected chi connectivity index (χ4v) is 3.46. The standard InChI is InChI=1S/C19H17NO6/c1-26-18(25)20-19(17(23)24,10-16(21)22)15-8-4-7-13-12-6-3-2-5-11(12)9-14(13)15/h2-8H,9-10H2,1H3,(H,20,25)(H,21,22)(H,23,24)/t19-/m0/s1. The molecule has 0 saturated heterocycles. The minimum absolute atomic E-state index is 0.242. The van der Waals surface area contributed by atoms with Crippen LogP contribution in [0.3, 0.4) is 0 Å². The number of carboxylic acid groups (broad SMARTS) is 2. The van der Waals surface area contributed by atoms with Crippen LogP contribution in [0.1, 0.15) is 23.1 Å². The zero-order chi connectivity index (χ0) is 18.9. The molecule has 134 valence electrons. The SMILES string of the molecule is COC(=O)N[C@](CC(=O)O)(C(=O)O)c1cccc2c1Cc1ccccc1-2. The summed E-state index contributed by atoms with van der Waals surface area (Å²) in [5.41, 5.74) is 1.62. The van der Waals surface area contributed by atoms with Gasteiger partial charge in [-0.15, -0.1) is 0 Å². The van der Waals surface area contributed by atoms with Crippen molar-refractivity contribution in [1.82, 2.24) is 5.32 Å². The molecule has 1 aliphatic carbocycles. The van der Waals surface area contributed by atoms with Crippen molar-refractivity contribution < 1.29 is 29.3 Å². The molecule has 7 nitrogen and oxygen atoms in total. The number of aliphatic carboxylic acids is 2. The molecule has 2 aromatic rings. The van der Waals surface area contributed by atoms with Gasteiger partial charge < -0.3 is 20.3 Å². The predicted molar refractivity (Wildman–Crippen MR) is 91.8 cm³/mol. The Morgan fingerprint density at radius 2 is 1.77 bits per heavy atom. The molecule has 1 amide bonds. The number of hydrogen-bond donors (Lipinski definition) is 3. The quantitative estimate of drug-likeness (QED) is 0.648. The van der Waals surface area contributed by atoms with E-state index in [0.717, 1.165) is 23.8 Å². The highest BCUT2D eigenvalue weighted by molar-refractivity contribution is 5.92. The van der Waals surface area contributed by atoms with Gasteiger partial charge in [0.15, 0.2) is 5.54 Å². The number of carboxylic acids is 2. The number of ether oxygens (including phenoxy) is 1. The van der Waals surface area contributed by atoms with Crippen molar-refractivity contribution in [3.63, 3.8) is 0 Å². The van der Waals surface area contributed by atoms with Crippen LogP contribution in [0.15, 0.2) is 42.5 Å². The van der Waals surface area contributed by atoms with E-state index in [1.54, 1.807) is 6.07 Å². The number of benzene rings is 2. The van der Waals surface area contributed by atoms with Gasteiger partial charge in [0.05, 0.1) is 13.5 Å². The third kappa shape index (κ3) is 2.77. The van der Waals surface area contributed by atoms with Crippen molar-refractivity contribution in [1.29, 1.82) is 0 Å². The number of fused-ring (bicyclic) bond motifs is 3. The summed E-state index contributed by atoms with van der Waals surface area (Å²) in [7, 11) is 1.09. The van der Waals surface area contributed by atoms with E-state index in [2.05, 4.69) is 10.1 Å². The van der Waals surface area contributed by atoms with Crippen LogP contribution >= 0.6 is 0 Å². The summed E-state index contributed by atoms with van der Waals surface area (Å²) in [5.74, 6) is -2.81. The summed E-state index contributed by atoms with van der Waals surface area (Å²) in [5, 5.41) is 21.4. The second-order valence-corrected chi connectivity index (χ2v) is 6.06. The maximum absolute atomic E-state index is 12.1. The van der Waals surface area contributed by atoms with Gasteiger partial charge in [-0.2, -0.15) is 0 Å². The summed E-state index contributed by atoms with van der Waals surface area (Å²) >= 11 is 0. The molecule has 1 aliphatic rings. The third-order valence-electron chi connectivity index (χ3n) is 4.59. The molecular formula is C19H17NO6. The molecule has 1 atom stereocenters. The number of amides is 1. The Kier molecular flexibility index (Phi) is 4.38. The van der Waals surface area contributed by atoms with Gasteiger partial charge in [0.2, 0.25) is 0 Å². The highest BCUT2D eigenvalue weighted by Gasteiger charge is 2.47. The van der Waals surface area contributed by atoms with E-state index < -0.39 is 30.0 Å². The number of carbonyl (C=O) groups is 3. The van der Waals surface area contributed by atoms with Crippen LogP contribution in [0.25, 0.3) is 11.1 Å². The highest BCUT2D eigenvalue weighted by Crippen LogP contribution is 2.42. The number of methoxy groups -OCH3 is 1. The number of rotatable bonds is 5. The molecule has 0 radical (unpaired) electrons. The van der Waals surface area contributed by atoms with Crippen LogP contribution in [0.5, 0.6) is 0 Å². The van der Waals surface area contributed by atoms with Gasteiger partial charge in [-0.3, -0.25) is 4.79 Å². The van der Waals surface area contributed by atoms with E-state index in [9.17, 15) is 24.6 Å². The Morgan fingerprint density at radius 1 is 1.08 bits per heavy atom. The average Bonchev–Trinajstić information content (AvgIpc) is 2.99. The molecule has 0 aliphatic heterocycles. The van der Waals surface area contributed by atoms with Crippen LogP contribution < -0.4 is 5.32 Å². The number of alkyl carbamates (subject to hydrolysis) is 1. The minimum Gasteiger partial charge on any atom is -0.481 e. The van der Waals surface area contributed by atoms with Crippen molar-refractivity contribution in [2.75, 3.05) is 7.11 Å². The summed E-state index contributed by atoms with van der Waals surface area (Å²) < 4.78 is 4.53. The molecule has 3 rings (SSSR count). The second kappa shape index (κ2) is 6.51. The second-order valence-electron chi connectivity index (χ2n) is 6.06. The Labute approximate surface area is 149 Å². The van der Waals surface area contributed by atoms with Gasteiger partial charge in [0.25, 0.3) is 0 Å². The number of carbonyl (C=O) groups excluding carboxylic acids is 1. The third-order valence-corrected chi connectivity index (χ3v) is 4.59. The maximum Gasteiger partial charge on any atom is 0.408 e. The Hall–Kier alpha value is -3.35. The van der Waals surface area contributed by atoms with E-state index in [1.165, 1.54) is 6.07 Å². The lowest BCUT2D eigenvalue weighted by Gasteiger charge is -2.30. The summed E-state index contributed by atoms with van der Waals surface area (Å²) in [6.07, 6.45) is -1.37. The molecule has 0 bridgehead atoms. The normalized spacial score (nSPS) is 13.9. The van der Waals surface area contributed by atoms with Crippen molar-refractivity contribution in [3.05, 3.63) is 59.2 Å². The summed E-state index contributed by atoms with van der Waals surface area (Å²) in [6.45, 7) is 0. The smallest absolute Gasteiger partial charge is 0.408 e. The first-order valence-electron chi connectivity index (χ1n) is 7.91. The predicted octanol–water partition coefficient (Wildman–Crippen LogP) is 2.37. The van der Waals surface area contributed by atoms with Crippen molar-refractivity contribution in [3.8, 4) is 11.1 Å². The van der Waals surface area contributed by atoms with Gasteiger partial charge in [0.1, 0.15) is 0 Å². The lowest BCUT2D eigenvalue weighted by atomic mass is 9.82. The maximum atomic E-state index is 12.1. The molecule has 0 fully saturated rings. The lowest BCUT2D eigenvalue weighted by Crippen LogP contribution is -2.53. The molecule has 3 N–H and O–H groups in total. The zero-order valence-electron chi connectivity index (χ0n) is 14.0. The molecule has 2 aromatic carbocycles. The molecule has 0 aromatic heterocycles. The van der Waals surface area contributed by atoms with Crippen LogP contribution in [0.4, 0.5) is 4.79 Å². The van der Waals surface area contributed by atoms with Crippen LogP contribution in [-0.4, -0.2) is 35.4 Å². The average molecular weight is 355 g/mol. The van der Waals surface area contributed by atoms with Gasteiger partial charge in [-0.05, 0) is 34.2 Å². The number of hydrogen-bond acceptors (Lipinski definition) is 4. The first-order chi connectivity index (χ1) is 12.4. The zero-order valence-corrected chi connectivity index (χ0v) is 14.0. The van der Waals surface area contributed by atoms with E-state index >= 15 is 0 Å². The first kappa shape index (κ1) is 17.5. The van der Waals surface area contributed by atoms with Crippen molar-refractivity contribution in [2.45, 2.75) is 18.4 Å². The first-order valence-corrected chi connectivity index (χ1v) is 7.91. The van der Waals surface area contributed by atoms with Gasteiger partial charge in [0, 0.05) is 0 Å². The molecule has 0 saturated carbocycles. The van der Waals surface area contributed by atoms with Gasteiger partial charge in [-0.25, -0.2) is 9.59 Å². The molecular weight excluding hydrogens is 338 g/mol. The fourth-order valence-electron chi connectivity index (χ4n) is 3.46. The Bertz CT molecular complexity index is 907. The van der Waals surface area contributed by atoms with E-state index in [-0.39, 0.29) is 5.56 Å². The Balaban J connectivity index is 2.21. The molecule has 26 heavy (non-hydrogen) atoms. The number of nitrogens with one attached hydrogen (secondary N) is 1. The van der Waals surface area contributed by atoms with Crippen LogP contribution in [-0.2, 0) is 26.3 Å². The van der Waals surface area contributed by atoms with E-state index in [1.807, 2.05) is 30.3 Å². The lowest BCUT2D eigenvalue weighted by molar-refractivity contribution is -0.151. The molecule has 0 spiro atoms. The monoisotopic (exact) mass is 355 g/mol. The van der Waals surface area contributed by atoms with Crippen molar-refractivity contribution in [2.24, 2.45) is 0 Å². The van der Waals surface area contributed by atoms with Crippen LogP contribution in [0, 0.1) is 0 Å². The minimum atomic E-state index is -2.13. The highest BCUT2D eigenvalue weighted by atomic mass is 16.5. The van der Waals surface area contributed by atoms with Crippen molar-refractivity contribution >= 4 is 18.0 Å². The van der Waals surface area contributed by atoms with Crippen LogP contribution in [0.2, 0.25) is 0 Å². The largest absolute Gasteiger partial charge is 0.481 e. The molecule has 0 heterocycles. The fraction of sp³-hybridized carbons (Fsp3) is 0.211. The van der Waals surface area contributed by atoms with E-state index in [0.29, 0.717) is 12.0 Å². The van der Waals surface area contributed by atoms with Gasteiger partial charge >= 0.3 is 18.0 Å². The summed E-state index contributed by atoms with van der Waals surface area (Å²) in [4.78, 5) is 35.4. The molecule has 7 heteroatoms. The molecule has 0 unspecified atom stereocenters. The summed E-state index contributed by atoms with van der Waals surface area (Å²) in [6, 6.07) is 12.7. The van der Waals surface area contributed by atoms with Gasteiger partial charge in [-0.1, -0.05) is 42.5 Å². The van der Waals surface area contributed by atoms with E-state index in [4.69, 9.17) is 0 Å². The Morgan fingerprint density at radius 3 is 2.42 bits per heavy atom.